The van der Waals surface area contributed by atoms with Crippen LogP contribution in [0.15, 0.2) is 51.1 Å². The van der Waals surface area contributed by atoms with E-state index in [1.807, 2.05) is 0 Å². The molecule has 9 nitrogen and oxygen atoms in total. The zero-order valence-electron chi connectivity index (χ0n) is 12.5. The highest BCUT2D eigenvalue weighted by Gasteiger charge is 2.18. The third kappa shape index (κ3) is 4.77. The molecule has 0 amide bonds. The predicted molar refractivity (Wildman–Crippen MR) is 86.9 cm³/mol. The molecular formula is C13H12O9S3. The van der Waals surface area contributed by atoms with E-state index in [4.69, 9.17) is 14.4 Å². The van der Waals surface area contributed by atoms with Crippen LogP contribution in [-0.4, -0.2) is 31.2 Å². The summed E-state index contributed by atoms with van der Waals surface area (Å²) in [4.78, 5) is -0.549. The number of rotatable bonds is 6. The summed E-state index contributed by atoms with van der Waals surface area (Å²) >= 11 is 0.475. The molecule has 0 unspecified atom stereocenters. The molecule has 0 radical (unpaired) electrons. The van der Waals surface area contributed by atoms with E-state index in [2.05, 4.69) is 9.37 Å². The van der Waals surface area contributed by atoms with E-state index in [1.165, 1.54) is 24.3 Å². The van der Waals surface area contributed by atoms with E-state index in [0.29, 0.717) is 28.7 Å². The second-order valence-electron chi connectivity index (χ2n) is 4.81. The van der Waals surface area contributed by atoms with Gasteiger partial charge in [0.1, 0.15) is 0 Å². The van der Waals surface area contributed by atoms with Crippen LogP contribution in [0.3, 0.4) is 0 Å². The van der Waals surface area contributed by atoms with Crippen LogP contribution >= 0.6 is 12.0 Å². The Morgan fingerprint density at radius 3 is 1.88 bits per heavy atom. The van der Waals surface area contributed by atoms with Crippen molar-refractivity contribution >= 4 is 32.3 Å². The van der Waals surface area contributed by atoms with Crippen molar-refractivity contribution in [3.05, 3.63) is 42.0 Å². The molecule has 25 heavy (non-hydrogen) atoms. The van der Waals surface area contributed by atoms with Crippen molar-refractivity contribution in [1.29, 1.82) is 0 Å². The van der Waals surface area contributed by atoms with Crippen LogP contribution in [0.2, 0.25) is 0 Å². The van der Waals surface area contributed by atoms with Crippen molar-refractivity contribution in [1.82, 2.24) is 0 Å². The Labute approximate surface area is 147 Å². The summed E-state index contributed by atoms with van der Waals surface area (Å²) < 4.78 is 67.4. The topological polar surface area (TPSA) is 147 Å². The number of aryl methyl sites for hydroxylation is 1. The summed E-state index contributed by atoms with van der Waals surface area (Å²) in [6, 6.07) is 7.41. The van der Waals surface area contributed by atoms with Crippen molar-refractivity contribution in [3.8, 4) is 11.1 Å². The fourth-order valence-electron chi connectivity index (χ4n) is 2.11. The molecule has 2 aromatic rings. The van der Waals surface area contributed by atoms with Crippen molar-refractivity contribution in [2.24, 2.45) is 0 Å². The van der Waals surface area contributed by atoms with E-state index in [9.17, 15) is 16.8 Å². The van der Waals surface area contributed by atoms with Gasteiger partial charge < -0.3 is 0 Å². The van der Waals surface area contributed by atoms with Crippen LogP contribution in [0.1, 0.15) is 5.56 Å². The van der Waals surface area contributed by atoms with Gasteiger partial charge in [-0.25, -0.2) is 5.26 Å². The monoisotopic (exact) mass is 408 g/mol. The molecule has 0 aliphatic carbocycles. The Hall–Kier alpha value is -1.51. The van der Waals surface area contributed by atoms with Gasteiger partial charge >= 0.3 is 0 Å². The van der Waals surface area contributed by atoms with E-state index < -0.39 is 25.1 Å². The SMILES string of the molecule is Cc1cc(S(=O)(=O)O)ccc1-c1ccc(S(=O)(=O)O)cc1SOOO. The van der Waals surface area contributed by atoms with E-state index in [1.54, 1.807) is 6.92 Å². The fourth-order valence-corrected chi connectivity index (χ4v) is 3.80. The predicted octanol–water partition coefficient (Wildman–Crippen LogP) is 2.58. The van der Waals surface area contributed by atoms with Gasteiger partial charge in [0.15, 0.2) is 0 Å². The van der Waals surface area contributed by atoms with Gasteiger partial charge in [-0.3, -0.25) is 9.11 Å². The van der Waals surface area contributed by atoms with Crippen LogP contribution in [-0.2, 0) is 29.6 Å². The molecule has 2 aromatic carbocycles. The van der Waals surface area contributed by atoms with E-state index in [0.717, 1.165) is 12.1 Å². The molecule has 0 heterocycles. The molecule has 0 spiro atoms. The summed E-state index contributed by atoms with van der Waals surface area (Å²) in [7, 11) is -8.84. The lowest BCUT2D eigenvalue weighted by atomic mass is 10.0. The van der Waals surface area contributed by atoms with Crippen LogP contribution in [0, 0.1) is 6.92 Å². The maximum atomic E-state index is 11.3. The van der Waals surface area contributed by atoms with Crippen LogP contribution in [0.5, 0.6) is 0 Å². The average Bonchev–Trinajstić information content (AvgIpc) is 2.51. The number of benzene rings is 2. The summed E-state index contributed by atoms with van der Waals surface area (Å²) in [6.45, 7) is 1.58. The van der Waals surface area contributed by atoms with Crippen LogP contribution in [0.25, 0.3) is 11.1 Å². The molecule has 0 aromatic heterocycles. The van der Waals surface area contributed by atoms with E-state index >= 15 is 0 Å². The van der Waals surface area contributed by atoms with Gasteiger partial charge in [-0.2, -0.15) is 16.8 Å². The summed E-state index contributed by atoms with van der Waals surface area (Å²) in [5, 5.41) is 11.8. The van der Waals surface area contributed by atoms with Gasteiger partial charge in [-0.1, -0.05) is 17.2 Å². The lowest BCUT2D eigenvalue weighted by Gasteiger charge is -2.12. The summed E-state index contributed by atoms with van der Waals surface area (Å²) in [5.74, 6) is 0. The standard InChI is InChI=1S/C13H12O9S3/c1-8-6-9(24(15,16)17)2-4-11(8)12-5-3-10(25(18,19)20)7-13(12)23-22-21-14/h2-7,14H,1H3,(H,15,16,17)(H,18,19,20). The van der Waals surface area contributed by atoms with Gasteiger partial charge in [0, 0.05) is 4.90 Å². The zero-order chi connectivity index (χ0) is 18.8. The maximum absolute atomic E-state index is 11.3. The van der Waals surface area contributed by atoms with Crippen molar-refractivity contribution in [3.63, 3.8) is 0 Å². The molecule has 0 aliphatic rings. The smallest absolute Gasteiger partial charge is 0.282 e. The molecule has 2 rings (SSSR count). The fraction of sp³-hybridized carbons (Fsp3) is 0.0769. The minimum Gasteiger partial charge on any atom is -0.282 e. The highest BCUT2D eigenvalue weighted by Crippen LogP contribution is 2.36. The number of hydrogen-bond donors (Lipinski definition) is 3. The van der Waals surface area contributed by atoms with Crippen LogP contribution < -0.4 is 0 Å². The zero-order valence-corrected chi connectivity index (χ0v) is 14.9. The van der Waals surface area contributed by atoms with Gasteiger partial charge in [-0.05, 0) is 47.9 Å². The number of hydrogen-bond acceptors (Lipinski definition) is 8. The highest BCUT2D eigenvalue weighted by atomic mass is 32.2. The molecule has 12 heteroatoms. The molecular weight excluding hydrogens is 396 g/mol. The minimum atomic E-state index is -4.47. The molecule has 0 fully saturated rings. The lowest BCUT2D eigenvalue weighted by Crippen LogP contribution is -2.01. The Morgan fingerprint density at radius 1 is 0.880 bits per heavy atom. The van der Waals surface area contributed by atoms with Crippen molar-refractivity contribution < 1.29 is 40.6 Å². The lowest BCUT2D eigenvalue weighted by molar-refractivity contribution is -0.432. The quantitative estimate of drug-likeness (QED) is 0.282. The van der Waals surface area contributed by atoms with Gasteiger partial charge in [0.05, 0.1) is 21.8 Å². The van der Waals surface area contributed by atoms with Gasteiger partial charge in [-0.15, -0.1) is 4.33 Å². The first-order valence-electron chi connectivity index (χ1n) is 6.39. The van der Waals surface area contributed by atoms with Crippen molar-refractivity contribution in [2.45, 2.75) is 21.6 Å². The molecule has 0 aliphatic heterocycles. The Bertz CT molecular complexity index is 997. The largest absolute Gasteiger partial charge is 0.294 e. The first-order valence-corrected chi connectivity index (χ1v) is 10.0. The summed E-state index contributed by atoms with van der Waals surface area (Å²) in [5.41, 5.74) is 1.37. The first-order chi connectivity index (χ1) is 11.5. The molecule has 0 atom stereocenters. The summed E-state index contributed by atoms with van der Waals surface area (Å²) in [6.07, 6.45) is 0. The Kier molecular flexibility index (Phi) is 5.86. The molecule has 3 N–H and O–H groups in total. The Balaban J connectivity index is 2.61. The van der Waals surface area contributed by atoms with Gasteiger partial charge in [0.25, 0.3) is 20.2 Å². The maximum Gasteiger partial charge on any atom is 0.294 e. The van der Waals surface area contributed by atoms with Gasteiger partial charge in [0.2, 0.25) is 0 Å². The average molecular weight is 408 g/mol. The Morgan fingerprint density at radius 2 is 1.40 bits per heavy atom. The minimum absolute atomic E-state index is 0.159. The molecule has 0 bridgehead atoms. The third-order valence-electron chi connectivity index (χ3n) is 3.19. The molecule has 0 saturated carbocycles. The molecule has 0 saturated heterocycles. The van der Waals surface area contributed by atoms with E-state index in [-0.39, 0.29) is 9.79 Å². The third-order valence-corrected chi connectivity index (χ3v) is 5.54. The highest BCUT2D eigenvalue weighted by molar-refractivity contribution is 7.94. The van der Waals surface area contributed by atoms with Crippen molar-refractivity contribution in [2.75, 3.05) is 0 Å². The second kappa shape index (κ2) is 7.39. The normalized spacial score (nSPS) is 12.3. The van der Waals surface area contributed by atoms with Crippen LogP contribution in [0.4, 0.5) is 0 Å². The first kappa shape index (κ1) is 19.8. The second-order valence-corrected chi connectivity index (χ2v) is 8.40. The molecule has 136 valence electrons.